The Kier molecular flexibility index (Phi) is 5.16. The lowest BCUT2D eigenvalue weighted by atomic mass is 10.1. The van der Waals surface area contributed by atoms with E-state index in [1.807, 2.05) is 52.2 Å². The minimum Gasteiger partial charge on any atom is -0.497 e. The molecule has 1 aromatic heterocycles. The molecule has 3 aromatic rings. The summed E-state index contributed by atoms with van der Waals surface area (Å²) in [6.45, 7) is 1.84. The largest absolute Gasteiger partial charge is 0.497 e. The molecule has 148 valence electrons. The van der Waals surface area contributed by atoms with Crippen molar-refractivity contribution < 1.29 is 9.53 Å². The van der Waals surface area contributed by atoms with Crippen LogP contribution >= 0.6 is 12.4 Å². The highest BCUT2D eigenvalue weighted by molar-refractivity contribution is 5.98. The van der Waals surface area contributed by atoms with Crippen LogP contribution in [0.4, 0.5) is 5.69 Å². The Morgan fingerprint density at radius 1 is 1.03 bits per heavy atom. The first-order chi connectivity index (χ1) is 13.8. The summed E-state index contributed by atoms with van der Waals surface area (Å²) >= 11 is 0. The zero-order valence-electron chi connectivity index (χ0n) is 16.0. The van der Waals surface area contributed by atoms with Crippen LogP contribution in [0.3, 0.4) is 0 Å². The molecule has 29 heavy (non-hydrogen) atoms. The van der Waals surface area contributed by atoms with Crippen LogP contribution in [0.15, 0.2) is 54.7 Å². The number of imidazole rings is 1. The molecule has 0 aliphatic carbocycles. The molecular weight excluding hydrogens is 388 g/mol. The van der Waals surface area contributed by atoms with Crippen LogP contribution in [0.25, 0.3) is 28.5 Å². The molecule has 6 nitrogen and oxygen atoms in total. The summed E-state index contributed by atoms with van der Waals surface area (Å²) in [5, 5.41) is 4.23. The van der Waals surface area contributed by atoms with Crippen molar-refractivity contribution in [1.82, 2.24) is 14.6 Å². The zero-order valence-corrected chi connectivity index (χ0v) is 16.9. The maximum absolute atomic E-state index is 12.2. The van der Waals surface area contributed by atoms with E-state index in [0.29, 0.717) is 5.82 Å². The molecule has 0 unspecified atom stereocenters. The lowest BCUT2D eigenvalue weighted by Crippen LogP contribution is -2.43. The van der Waals surface area contributed by atoms with Gasteiger partial charge in [-0.05, 0) is 43.2 Å². The summed E-state index contributed by atoms with van der Waals surface area (Å²) in [7, 11) is 1.64. The number of anilines is 1. The van der Waals surface area contributed by atoms with Crippen molar-refractivity contribution >= 4 is 29.9 Å². The van der Waals surface area contributed by atoms with Gasteiger partial charge in [-0.15, -0.1) is 12.4 Å². The lowest BCUT2D eigenvalue weighted by Gasteiger charge is -2.38. The van der Waals surface area contributed by atoms with Gasteiger partial charge in [0, 0.05) is 24.2 Å². The Hall–Kier alpha value is -3.05. The summed E-state index contributed by atoms with van der Waals surface area (Å²) in [5.74, 6) is 4.15. The van der Waals surface area contributed by atoms with Gasteiger partial charge < -0.3 is 4.74 Å². The van der Waals surface area contributed by atoms with E-state index in [2.05, 4.69) is 28.1 Å². The third-order valence-corrected chi connectivity index (χ3v) is 5.39. The molecule has 1 saturated heterocycles. The number of methoxy groups -OCH3 is 1. The van der Waals surface area contributed by atoms with Crippen molar-refractivity contribution in [2.24, 2.45) is 0 Å². The third-order valence-electron chi connectivity index (χ3n) is 5.39. The normalized spacial score (nSPS) is 15.3. The second kappa shape index (κ2) is 7.76. The fourth-order valence-electron chi connectivity index (χ4n) is 4.06. The molecular formula is C22H21ClN4O2. The molecule has 0 radical (unpaired) electrons. The number of ether oxygens (including phenoxy) is 1. The second-order valence-corrected chi connectivity index (χ2v) is 6.95. The molecule has 7 heteroatoms. The topological polar surface area (TPSA) is 50.6 Å². The van der Waals surface area contributed by atoms with Gasteiger partial charge in [0.15, 0.2) is 5.94 Å². The van der Waals surface area contributed by atoms with Gasteiger partial charge in [-0.1, -0.05) is 18.2 Å². The van der Waals surface area contributed by atoms with Crippen molar-refractivity contribution in [2.75, 3.05) is 25.2 Å². The lowest BCUT2D eigenvalue weighted by molar-refractivity contribution is 0.342. The number of aromatic nitrogens is 2. The molecule has 2 aliphatic heterocycles. The maximum atomic E-state index is 12.2. The first-order valence-corrected chi connectivity index (χ1v) is 9.44. The molecule has 0 bridgehead atoms. The minimum absolute atomic E-state index is 0. The van der Waals surface area contributed by atoms with Gasteiger partial charge in [-0.2, -0.15) is 0 Å². The Bertz CT molecular complexity index is 1080. The maximum Gasteiger partial charge on any atom is 0.221 e. The number of para-hydroxylation sites is 1. The number of fused-ring (bicyclic) bond motifs is 3. The minimum atomic E-state index is 0. The number of carbonyl (C=O) groups excluding carboxylic acids is 1. The van der Waals surface area contributed by atoms with Crippen LogP contribution < -0.4 is 9.75 Å². The molecule has 2 aliphatic rings. The quantitative estimate of drug-likeness (QED) is 0.610. The Morgan fingerprint density at radius 3 is 2.45 bits per heavy atom. The van der Waals surface area contributed by atoms with E-state index in [0.717, 1.165) is 60.0 Å². The molecule has 0 saturated carbocycles. The van der Waals surface area contributed by atoms with Crippen molar-refractivity contribution in [3.63, 3.8) is 0 Å². The zero-order chi connectivity index (χ0) is 19.1. The van der Waals surface area contributed by atoms with Gasteiger partial charge in [0.25, 0.3) is 0 Å². The fourth-order valence-corrected chi connectivity index (χ4v) is 4.06. The van der Waals surface area contributed by atoms with Gasteiger partial charge >= 0.3 is 0 Å². The fraction of sp³-hybridized carbons (Fsp3) is 0.227. The predicted molar refractivity (Wildman–Crippen MR) is 116 cm³/mol. The monoisotopic (exact) mass is 408 g/mol. The van der Waals surface area contributed by atoms with Crippen molar-refractivity contribution in [2.45, 2.75) is 12.8 Å². The van der Waals surface area contributed by atoms with Gasteiger partial charge in [0.1, 0.15) is 11.6 Å². The smallest absolute Gasteiger partial charge is 0.221 e. The van der Waals surface area contributed by atoms with E-state index in [9.17, 15) is 4.79 Å². The number of hydrogen-bond donors (Lipinski definition) is 0. The third kappa shape index (κ3) is 3.02. The second-order valence-electron chi connectivity index (χ2n) is 6.95. The highest BCUT2D eigenvalue weighted by Crippen LogP contribution is 2.43. The van der Waals surface area contributed by atoms with E-state index in [-0.39, 0.29) is 12.4 Å². The van der Waals surface area contributed by atoms with E-state index < -0.39 is 0 Å². The molecule has 5 rings (SSSR count). The number of hydrazine groups is 1. The molecule has 0 amide bonds. The molecule has 0 N–H and O–H groups in total. The Morgan fingerprint density at radius 2 is 1.76 bits per heavy atom. The molecule has 0 atom stereocenters. The van der Waals surface area contributed by atoms with Gasteiger partial charge in [0.05, 0.1) is 24.7 Å². The van der Waals surface area contributed by atoms with Crippen molar-refractivity contribution in [3.05, 3.63) is 54.7 Å². The van der Waals surface area contributed by atoms with Crippen LogP contribution in [0.2, 0.25) is 0 Å². The average molecular weight is 409 g/mol. The van der Waals surface area contributed by atoms with Crippen LogP contribution in [0.1, 0.15) is 12.8 Å². The first kappa shape index (κ1) is 19.3. The summed E-state index contributed by atoms with van der Waals surface area (Å²) in [6, 6.07) is 15.9. The summed E-state index contributed by atoms with van der Waals surface area (Å²) in [5.41, 5.74) is 3.87. The van der Waals surface area contributed by atoms with Crippen LogP contribution in [-0.4, -0.2) is 40.7 Å². The van der Waals surface area contributed by atoms with E-state index in [4.69, 9.17) is 4.74 Å². The summed E-state index contributed by atoms with van der Waals surface area (Å²) in [4.78, 5) is 16.8. The van der Waals surface area contributed by atoms with Crippen LogP contribution in [-0.2, 0) is 4.79 Å². The van der Waals surface area contributed by atoms with Crippen molar-refractivity contribution in [3.8, 4) is 28.4 Å². The SMILES string of the molecule is COc1ccc(-c2ncc3n2C(=C=O)N(N2CCCC2)c2ccccc2-3)cc1.Cl. The highest BCUT2D eigenvalue weighted by Gasteiger charge is 2.34. The number of nitrogens with zero attached hydrogens (tertiary/aromatic N) is 4. The summed E-state index contributed by atoms with van der Waals surface area (Å²) in [6.07, 6.45) is 4.07. The number of halogens is 1. The van der Waals surface area contributed by atoms with E-state index in [1.54, 1.807) is 7.11 Å². The van der Waals surface area contributed by atoms with Gasteiger partial charge in [-0.3, -0.25) is 4.57 Å². The number of hydrogen-bond acceptors (Lipinski definition) is 5. The summed E-state index contributed by atoms with van der Waals surface area (Å²) < 4.78 is 7.18. The number of rotatable bonds is 3. The molecule has 2 aromatic carbocycles. The molecule has 1 fully saturated rings. The predicted octanol–water partition coefficient (Wildman–Crippen LogP) is 4.11. The highest BCUT2D eigenvalue weighted by atomic mass is 35.5. The standard InChI is InChI=1S/C22H20N4O2.ClH/c1-28-17-10-8-16(9-11-17)22-23-14-20-18-6-2-3-7-19(18)26(21(15-27)25(20)22)24-12-4-5-13-24;/h2-3,6-11,14H,4-5,12-13H2,1H3;1H. The average Bonchev–Trinajstić information content (AvgIpc) is 3.43. The molecule has 3 heterocycles. The van der Waals surface area contributed by atoms with E-state index in [1.165, 1.54) is 0 Å². The van der Waals surface area contributed by atoms with Crippen molar-refractivity contribution in [1.29, 1.82) is 0 Å². The van der Waals surface area contributed by atoms with Gasteiger partial charge in [0.2, 0.25) is 5.82 Å². The molecule has 0 spiro atoms. The van der Waals surface area contributed by atoms with Crippen LogP contribution in [0.5, 0.6) is 5.75 Å². The van der Waals surface area contributed by atoms with Gasteiger partial charge in [-0.25, -0.2) is 19.8 Å². The Balaban J connectivity index is 0.00000205. The van der Waals surface area contributed by atoms with E-state index >= 15 is 0 Å². The van der Waals surface area contributed by atoms with Crippen LogP contribution in [0, 0.1) is 0 Å². The first-order valence-electron chi connectivity index (χ1n) is 9.44. The number of benzene rings is 2. The Labute approximate surface area is 175 Å².